The maximum Gasteiger partial charge on any atom is 0.307 e. The summed E-state index contributed by atoms with van der Waals surface area (Å²) in [4.78, 5) is 13.1. The first-order valence-corrected chi connectivity index (χ1v) is 6.86. The van der Waals surface area contributed by atoms with Crippen LogP contribution in [0.1, 0.15) is 31.9 Å². The summed E-state index contributed by atoms with van der Waals surface area (Å²) in [6, 6.07) is 9.60. The highest BCUT2D eigenvalue weighted by atomic mass is 16.4. The van der Waals surface area contributed by atoms with E-state index in [-0.39, 0.29) is 0 Å². The zero-order valence-electron chi connectivity index (χ0n) is 12.3. The smallest absolute Gasteiger partial charge is 0.307 e. The predicted octanol–water partition coefficient (Wildman–Crippen LogP) is 2.74. The van der Waals surface area contributed by atoms with Crippen molar-refractivity contribution in [3.8, 4) is 6.07 Å². The largest absolute Gasteiger partial charge is 0.481 e. The topological polar surface area (TPSA) is 64.3 Å². The van der Waals surface area contributed by atoms with Gasteiger partial charge in [0.1, 0.15) is 0 Å². The molecule has 1 N–H and O–H groups in total. The second-order valence-corrected chi connectivity index (χ2v) is 5.64. The monoisotopic (exact) mass is 274 g/mol. The molecule has 0 radical (unpaired) electrons. The molecular weight excluding hydrogens is 252 g/mol. The number of benzene rings is 1. The van der Waals surface area contributed by atoms with Crippen LogP contribution in [-0.4, -0.2) is 29.1 Å². The molecule has 0 saturated heterocycles. The van der Waals surface area contributed by atoms with E-state index in [4.69, 9.17) is 10.4 Å². The van der Waals surface area contributed by atoms with Gasteiger partial charge >= 0.3 is 5.97 Å². The van der Waals surface area contributed by atoms with Crippen molar-refractivity contribution in [1.82, 2.24) is 4.90 Å². The molecule has 0 heterocycles. The molecule has 1 aromatic carbocycles. The van der Waals surface area contributed by atoms with Crippen molar-refractivity contribution in [3.05, 3.63) is 35.4 Å². The third kappa shape index (κ3) is 5.41. The number of aliphatic carboxylic acids is 1. The molecule has 1 rings (SSSR count). The molecule has 0 aromatic heterocycles. The van der Waals surface area contributed by atoms with E-state index in [2.05, 4.69) is 24.8 Å². The van der Waals surface area contributed by atoms with Gasteiger partial charge < -0.3 is 5.11 Å². The molecule has 1 unspecified atom stereocenters. The molecule has 0 aliphatic carbocycles. The lowest BCUT2D eigenvalue weighted by atomic mass is 10.1. The van der Waals surface area contributed by atoms with Crippen molar-refractivity contribution >= 4 is 5.97 Å². The van der Waals surface area contributed by atoms with Crippen LogP contribution in [-0.2, 0) is 11.3 Å². The lowest BCUT2D eigenvalue weighted by molar-refractivity contribution is -0.141. The van der Waals surface area contributed by atoms with Gasteiger partial charge in [-0.1, -0.05) is 32.9 Å². The number of carboxylic acid groups (broad SMARTS) is 1. The number of carboxylic acids is 1. The molecule has 0 aliphatic heterocycles. The molecule has 4 heteroatoms. The third-order valence-electron chi connectivity index (χ3n) is 3.04. The average molecular weight is 274 g/mol. The fraction of sp³-hybridized carbons (Fsp3) is 0.500. The number of nitriles is 1. The molecular formula is C16H22N2O2. The number of hydrogen-bond acceptors (Lipinski definition) is 3. The van der Waals surface area contributed by atoms with Crippen LogP contribution in [0.3, 0.4) is 0 Å². The molecule has 20 heavy (non-hydrogen) atoms. The SMILES string of the molecule is CC(C)CN(Cc1cccc(C#N)c1)CC(C)C(=O)O. The molecule has 0 saturated carbocycles. The first kappa shape index (κ1) is 16.2. The minimum absolute atomic E-state index is 0.395. The number of nitrogens with zero attached hydrogens (tertiary/aromatic N) is 2. The molecule has 1 atom stereocenters. The molecule has 1 aromatic rings. The first-order chi connectivity index (χ1) is 9.42. The van der Waals surface area contributed by atoms with Gasteiger partial charge in [-0.05, 0) is 23.6 Å². The highest BCUT2D eigenvalue weighted by Gasteiger charge is 2.17. The number of carbonyl (C=O) groups is 1. The first-order valence-electron chi connectivity index (χ1n) is 6.86. The average Bonchev–Trinajstić information content (AvgIpc) is 2.37. The highest BCUT2D eigenvalue weighted by molar-refractivity contribution is 5.69. The Morgan fingerprint density at radius 3 is 2.60 bits per heavy atom. The fourth-order valence-electron chi connectivity index (χ4n) is 2.18. The summed E-state index contributed by atoms with van der Waals surface area (Å²) in [6.07, 6.45) is 0. The van der Waals surface area contributed by atoms with Crippen molar-refractivity contribution in [1.29, 1.82) is 5.26 Å². The maximum absolute atomic E-state index is 11.0. The van der Waals surface area contributed by atoms with Crippen molar-refractivity contribution in [2.24, 2.45) is 11.8 Å². The van der Waals surface area contributed by atoms with Crippen LogP contribution in [0.25, 0.3) is 0 Å². The van der Waals surface area contributed by atoms with E-state index in [0.29, 0.717) is 24.6 Å². The van der Waals surface area contributed by atoms with Crippen LogP contribution in [0.4, 0.5) is 0 Å². The van der Waals surface area contributed by atoms with Gasteiger partial charge in [-0.15, -0.1) is 0 Å². The fourth-order valence-corrected chi connectivity index (χ4v) is 2.18. The predicted molar refractivity (Wildman–Crippen MR) is 78.1 cm³/mol. The Balaban J connectivity index is 2.78. The van der Waals surface area contributed by atoms with Crippen LogP contribution in [0.15, 0.2) is 24.3 Å². The number of rotatable bonds is 7. The molecule has 0 bridgehead atoms. The Labute approximate surface area is 120 Å². The standard InChI is InChI=1S/C16H22N2O2/c1-12(2)9-18(10-13(3)16(19)20)11-15-6-4-5-14(7-15)8-17/h4-7,12-13H,9-11H2,1-3H3,(H,19,20). The molecule has 108 valence electrons. The lowest BCUT2D eigenvalue weighted by Gasteiger charge is -2.26. The highest BCUT2D eigenvalue weighted by Crippen LogP contribution is 2.12. The summed E-state index contributed by atoms with van der Waals surface area (Å²) < 4.78 is 0. The van der Waals surface area contributed by atoms with Crippen molar-refractivity contribution in [2.45, 2.75) is 27.3 Å². The van der Waals surface area contributed by atoms with Crippen LogP contribution >= 0.6 is 0 Å². The lowest BCUT2D eigenvalue weighted by Crippen LogP contribution is -2.34. The minimum Gasteiger partial charge on any atom is -0.481 e. The van der Waals surface area contributed by atoms with Gasteiger partial charge in [0.05, 0.1) is 17.6 Å². The normalized spacial score (nSPS) is 12.4. The molecule has 0 fully saturated rings. The van der Waals surface area contributed by atoms with Crippen molar-refractivity contribution < 1.29 is 9.90 Å². The quantitative estimate of drug-likeness (QED) is 0.830. The number of hydrogen-bond donors (Lipinski definition) is 1. The van der Waals surface area contributed by atoms with E-state index in [1.807, 2.05) is 18.2 Å². The van der Waals surface area contributed by atoms with E-state index in [0.717, 1.165) is 12.1 Å². The summed E-state index contributed by atoms with van der Waals surface area (Å²) in [5, 5.41) is 18.0. The second-order valence-electron chi connectivity index (χ2n) is 5.64. The molecule has 0 amide bonds. The van der Waals surface area contributed by atoms with Crippen molar-refractivity contribution in [3.63, 3.8) is 0 Å². The second kappa shape index (κ2) is 7.66. The zero-order chi connectivity index (χ0) is 15.1. The Hall–Kier alpha value is -1.86. The van der Waals surface area contributed by atoms with Gasteiger partial charge in [0.15, 0.2) is 0 Å². The van der Waals surface area contributed by atoms with Crippen LogP contribution in [0, 0.1) is 23.2 Å². The van der Waals surface area contributed by atoms with Gasteiger partial charge in [-0.3, -0.25) is 9.69 Å². The Bertz CT molecular complexity index is 491. The summed E-state index contributed by atoms with van der Waals surface area (Å²) in [5.41, 5.74) is 1.68. The molecule has 0 aliphatic rings. The van der Waals surface area contributed by atoms with E-state index in [1.54, 1.807) is 13.0 Å². The molecule has 4 nitrogen and oxygen atoms in total. The van der Waals surface area contributed by atoms with Crippen LogP contribution < -0.4 is 0 Å². The molecule has 0 spiro atoms. The Morgan fingerprint density at radius 1 is 1.35 bits per heavy atom. The summed E-state index contributed by atoms with van der Waals surface area (Å²) in [5.74, 6) is -0.701. The van der Waals surface area contributed by atoms with Gasteiger partial charge in [0.2, 0.25) is 0 Å². The Morgan fingerprint density at radius 2 is 2.05 bits per heavy atom. The van der Waals surface area contributed by atoms with Gasteiger partial charge in [-0.25, -0.2) is 0 Å². The van der Waals surface area contributed by atoms with Gasteiger partial charge in [-0.2, -0.15) is 5.26 Å². The summed E-state index contributed by atoms with van der Waals surface area (Å²) in [6.45, 7) is 7.99. The van der Waals surface area contributed by atoms with E-state index >= 15 is 0 Å². The van der Waals surface area contributed by atoms with Gasteiger partial charge in [0.25, 0.3) is 0 Å². The maximum atomic E-state index is 11.0. The van der Waals surface area contributed by atoms with Crippen LogP contribution in [0.5, 0.6) is 0 Å². The van der Waals surface area contributed by atoms with E-state index in [9.17, 15) is 4.79 Å². The third-order valence-corrected chi connectivity index (χ3v) is 3.04. The van der Waals surface area contributed by atoms with Gasteiger partial charge in [0, 0.05) is 19.6 Å². The Kier molecular flexibility index (Phi) is 6.20. The van der Waals surface area contributed by atoms with Crippen molar-refractivity contribution in [2.75, 3.05) is 13.1 Å². The minimum atomic E-state index is -0.774. The summed E-state index contributed by atoms with van der Waals surface area (Å²) in [7, 11) is 0. The summed E-state index contributed by atoms with van der Waals surface area (Å²) >= 11 is 0. The van der Waals surface area contributed by atoms with E-state index in [1.165, 1.54) is 0 Å². The van der Waals surface area contributed by atoms with E-state index < -0.39 is 11.9 Å². The zero-order valence-corrected chi connectivity index (χ0v) is 12.3. The van der Waals surface area contributed by atoms with Crippen LogP contribution in [0.2, 0.25) is 0 Å².